The van der Waals surface area contributed by atoms with E-state index in [2.05, 4.69) is 114 Å². The lowest BCUT2D eigenvalue weighted by atomic mass is 9.83. The Bertz CT molecular complexity index is 1670. The summed E-state index contributed by atoms with van der Waals surface area (Å²) in [6.45, 7) is 13.7. The summed E-state index contributed by atoms with van der Waals surface area (Å²) in [6.07, 6.45) is 3.25. The van der Waals surface area contributed by atoms with Gasteiger partial charge in [0.2, 0.25) is 5.69 Å². The van der Waals surface area contributed by atoms with Gasteiger partial charge in [0, 0.05) is 17.0 Å². The zero-order valence-electron chi connectivity index (χ0n) is 21.9. The molecule has 35 heavy (non-hydrogen) atoms. The summed E-state index contributed by atoms with van der Waals surface area (Å²) in [7, 11) is 2.16. The third kappa shape index (κ3) is 3.26. The molecule has 0 saturated heterocycles. The van der Waals surface area contributed by atoms with Crippen molar-refractivity contribution in [1.29, 1.82) is 0 Å². The van der Waals surface area contributed by atoms with E-state index >= 15 is 0 Å². The fraction of sp³-hybridized carbons (Fsp3) is 0.303. The van der Waals surface area contributed by atoms with Gasteiger partial charge in [-0.3, -0.25) is 0 Å². The number of hydrogen-bond donors (Lipinski definition) is 0. The molecule has 6 rings (SSSR count). The van der Waals surface area contributed by atoms with Crippen LogP contribution >= 0.6 is 0 Å². The molecule has 1 aromatic heterocycles. The van der Waals surface area contributed by atoms with Gasteiger partial charge in [0.25, 0.3) is 0 Å². The van der Waals surface area contributed by atoms with E-state index in [0.717, 1.165) is 17.9 Å². The van der Waals surface area contributed by atoms with Gasteiger partial charge in [-0.25, -0.2) is 4.57 Å². The van der Waals surface area contributed by atoms with E-state index in [1.54, 1.807) is 0 Å². The molecule has 4 aromatic carbocycles. The maximum absolute atomic E-state index is 6.97. The fourth-order valence-electron chi connectivity index (χ4n) is 6.13. The van der Waals surface area contributed by atoms with Crippen LogP contribution in [0.1, 0.15) is 57.2 Å². The van der Waals surface area contributed by atoms with Crippen LogP contribution in [0.25, 0.3) is 43.6 Å². The van der Waals surface area contributed by atoms with Crippen LogP contribution < -0.4 is 9.30 Å². The third-order valence-electron chi connectivity index (χ3n) is 7.55. The van der Waals surface area contributed by atoms with Crippen LogP contribution in [-0.2, 0) is 13.5 Å². The van der Waals surface area contributed by atoms with Crippen molar-refractivity contribution in [2.24, 2.45) is 12.5 Å². The fourth-order valence-corrected chi connectivity index (χ4v) is 6.13. The van der Waals surface area contributed by atoms with Crippen molar-refractivity contribution in [3.63, 3.8) is 0 Å². The summed E-state index contributed by atoms with van der Waals surface area (Å²) in [5, 5.41) is 7.71. The van der Waals surface area contributed by atoms with Gasteiger partial charge < -0.3 is 4.74 Å². The van der Waals surface area contributed by atoms with Crippen molar-refractivity contribution >= 4 is 32.3 Å². The van der Waals surface area contributed by atoms with Crippen LogP contribution in [0.15, 0.2) is 60.8 Å². The lowest BCUT2D eigenvalue weighted by Crippen LogP contribution is -2.32. The van der Waals surface area contributed by atoms with E-state index < -0.39 is 0 Å². The summed E-state index contributed by atoms with van der Waals surface area (Å²) in [5.41, 5.74) is 6.67. The van der Waals surface area contributed by atoms with E-state index in [4.69, 9.17) is 4.74 Å². The molecule has 0 aliphatic carbocycles. The first kappa shape index (κ1) is 22.1. The molecular weight excluding hydrogens is 426 g/mol. The molecule has 0 spiro atoms. The lowest BCUT2D eigenvalue weighted by Gasteiger charge is -2.27. The monoisotopic (exact) mass is 460 g/mol. The van der Waals surface area contributed by atoms with Crippen LogP contribution in [0.3, 0.4) is 0 Å². The average molecular weight is 461 g/mol. The smallest absolute Gasteiger partial charge is 0.228 e. The Morgan fingerprint density at radius 2 is 1.57 bits per heavy atom. The molecule has 0 saturated carbocycles. The van der Waals surface area contributed by atoms with Crippen molar-refractivity contribution in [1.82, 2.24) is 0 Å². The van der Waals surface area contributed by atoms with Crippen molar-refractivity contribution < 1.29 is 9.30 Å². The Balaban J connectivity index is 1.78. The summed E-state index contributed by atoms with van der Waals surface area (Å²) in [5.74, 6) is 2.35. The quantitative estimate of drug-likeness (QED) is 0.186. The molecule has 5 aromatic rings. The second-order valence-electron chi connectivity index (χ2n) is 11.7. The van der Waals surface area contributed by atoms with Crippen LogP contribution in [0.5, 0.6) is 11.5 Å². The van der Waals surface area contributed by atoms with Gasteiger partial charge in [-0.05, 0) is 63.4 Å². The Labute approximate surface area is 208 Å². The average Bonchev–Trinajstić information content (AvgIpc) is 2.80. The number of aromatic nitrogens is 1. The molecule has 1 aliphatic rings. The van der Waals surface area contributed by atoms with Gasteiger partial charge >= 0.3 is 0 Å². The molecule has 0 atom stereocenters. The molecule has 1 aliphatic heterocycles. The molecule has 0 N–H and O–H groups in total. The van der Waals surface area contributed by atoms with Gasteiger partial charge in [-0.1, -0.05) is 77.1 Å². The number of rotatable bonds is 2. The van der Waals surface area contributed by atoms with E-state index in [0.29, 0.717) is 5.92 Å². The Morgan fingerprint density at radius 3 is 2.29 bits per heavy atom. The number of hydrogen-bond acceptors (Lipinski definition) is 1. The molecule has 0 radical (unpaired) electrons. The van der Waals surface area contributed by atoms with Gasteiger partial charge in [-0.15, -0.1) is 0 Å². The lowest BCUT2D eigenvalue weighted by molar-refractivity contribution is -0.659. The molecular formula is C33H34NO+. The maximum atomic E-state index is 6.97. The summed E-state index contributed by atoms with van der Waals surface area (Å²) in [4.78, 5) is 0. The Morgan fingerprint density at radius 1 is 0.857 bits per heavy atom. The molecule has 176 valence electrons. The molecule has 0 amide bonds. The van der Waals surface area contributed by atoms with Crippen molar-refractivity contribution in [2.75, 3.05) is 0 Å². The molecule has 0 bridgehead atoms. The van der Waals surface area contributed by atoms with Gasteiger partial charge in [-0.2, -0.15) is 0 Å². The highest BCUT2D eigenvalue weighted by atomic mass is 16.5. The molecule has 2 nitrogen and oxygen atoms in total. The highest BCUT2D eigenvalue weighted by Gasteiger charge is 2.34. The van der Waals surface area contributed by atoms with Crippen LogP contribution in [0, 0.1) is 12.3 Å². The maximum Gasteiger partial charge on any atom is 0.228 e. The number of benzene rings is 4. The van der Waals surface area contributed by atoms with Gasteiger partial charge in [0.05, 0.1) is 10.9 Å². The summed E-state index contributed by atoms with van der Waals surface area (Å²) >= 11 is 0. The van der Waals surface area contributed by atoms with Crippen molar-refractivity contribution in [3.05, 3.63) is 77.5 Å². The van der Waals surface area contributed by atoms with Crippen LogP contribution in [-0.4, -0.2) is 0 Å². The zero-order valence-corrected chi connectivity index (χ0v) is 21.9. The molecule has 2 heterocycles. The SMILES string of the molecule is Cc1c2c(c(C(C)C)c3ccccc13)Oc1cc3c(CC(C)(C)C)cccc3c3cc[n+](C)c-2c13. The number of fused-ring (bicyclic) bond motifs is 5. The second kappa shape index (κ2) is 7.55. The molecule has 0 fully saturated rings. The molecule has 2 heteroatoms. The van der Waals surface area contributed by atoms with Gasteiger partial charge in [0.15, 0.2) is 6.20 Å². The van der Waals surface area contributed by atoms with E-state index in [9.17, 15) is 0 Å². The highest BCUT2D eigenvalue weighted by Crippen LogP contribution is 2.53. The standard InChI is InChI=1S/C33H34NO/c1-19(2)28-24-13-9-8-12-22(24)20(3)29-31-30-25(15-16-34(31)7)23-14-10-11-21(18-33(4,5)6)26(23)17-27(30)35-32(28)29/h8-17,19H,18H2,1-7H3/q+1. The first-order chi connectivity index (χ1) is 16.7. The first-order valence-corrected chi connectivity index (χ1v) is 12.8. The van der Waals surface area contributed by atoms with E-state index in [1.807, 2.05) is 0 Å². The first-order valence-electron chi connectivity index (χ1n) is 12.8. The summed E-state index contributed by atoms with van der Waals surface area (Å²) < 4.78 is 9.25. The number of nitrogens with zero attached hydrogens (tertiary/aromatic N) is 1. The van der Waals surface area contributed by atoms with E-state index in [-0.39, 0.29) is 5.41 Å². The number of pyridine rings is 1. The van der Waals surface area contributed by atoms with Crippen LogP contribution in [0.4, 0.5) is 0 Å². The molecule has 0 unspecified atom stereocenters. The largest absolute Gasteiger partial charge is 0.455 e. The minimum atomic E-state index is 0.211. The highest BCUT2D eigenvalue weighted by molar-refractivity contribution is 6.16. The second-order valence-corrected chi connectivity index (χ2v) is 11.7. The topological polar surface area (TPSA) is 13.1 Å². The normalized spacial score (nSPS) is 13.0. The third-order valence-corrected chi connectivity index (χ3v) is 7.55. The predicted molar refractivity (Wildman–Crippen MR) is 148 cm³/mol. The minimum Gasteiger partial charge on any atom is -0.455 e. The van der Waals surface area contributed by atoms with E-state index in [1.165, 1.54) is 60.3 Å². The van der Waals surface area contributed by atoms with Crippen molar-refractivity contribution in [2.45, 2.75) is 53.9 Å². The number of aryl methyl sites for hydroxylation is 2. The Kier molecular flexibility index (Phi) is 4.77. The zero-order chi connectivity index (χ0) is 24.6. The predicted octanol–water partition coefficient (Wildman–Crippen LogP) is 8.76. The van der Waals surface area contributed by atoms with Crippen molar-refractivity contribution in [3.8, 4) is 22.8 Å². The minimum absolute atomic E-state index is 0.211. The number of ether oxygens (including phenoxy) is 1. The Hall–Kier alpha value is -3.39. The van der Waals surface area contributed by atoms with Crippen LogP contribution in [0.2, 0.25) is 0 Å². The summed E-state index contributed by atoms with van der Waals surface area (Å²) in [6, 6.07) is 20.1. The van der Waals surface area contributed by atoms with Gasteiger partial charge in [0.1, 0.15) is 18.5 Å².